The van der Waals surface area contributed by atoms with Gasteiger partial charge in [-0.05, 0) is 31.0 Å². The molecular formula is C12H12ClFN2. The standard InChI is InChI=1S/C12H12ClFN2/c1-3-10-6(2)11(15)8-4-7(13)5-9(14)12(8)16-10/h4-5H,3H2,1-2H3,(H2,15,16). The van der Waals surface area contributed by atoms with Crippen molar-refractivity contribution in [3.63, 3.8) is 0 Å². The molecule has 0 aliphatic rings. The highest BCUT2D eigenvalue weighted by Gasteiger charge is 2.12. The molecule has 0 unspecified atom stereocenters. The fourth-order valence-electron chi connectivity index (χ4n) is 1.81. The highest BCUT2D eigenvalue weighted by molar-refractivity contribution is 6.31. The maximum atomic E-state index is 13.7. The van der Waals surface area contributed by atoms with Gasteiger partial charge in [0.05, 0.1) is 0 Å². The first kappa shape index (κ1) is 11.1. The Morgan fingerprint density at radius 2 is 2.12 bits per heavy atom. The SMILES string of the molecule is CCc1nc2c(F)cc(Cl)cc2c(N)c1C. The number of benzene rings is 1. The average Bonchev–Trinajstić information content (AvgIpc) is 2.24. The van der Waals surface area contributed by atoms with E-state index < -0.39 is 5.82 Å². The van der Waals surface area contributed by atoms with Crippen LogP contribution in [0.25, 0.3) is 10.9 Å². The average molecular weight is 239 g/mol. The van der Waals surface area contributed by atoms with Crippen molar-refractivity contribution in [2.75, 3.05) is 5.73 Å². The molecule has 16 heavy (non-hydrogen) atoms. The van der Waals surface area contributed by atoms with Crippen molar-refractivity contribution in [3.05, 3.63) is 34.2 Å². The van der Waals surface area contributed by atoms with Crippen LogP contribution in [-0.4, -0.2) is 4.98 Å². The smallest absolute Gasteiger partial charge is 0.150 e. The van der Waals surface area contributed by atoms with Crippen LogP contribution in [0.3, 0.4) is 0 Å². The number of pyridine rings is 1. The van der Waals surface area contributed by atoms with E-state index in [1.54, 1.807) is 6.07 Å². The zero-order chi connectivity index (χ0) is 11.9. The molecule has 2 N–H and O–H groups in total. The van der Waals surface area contributed by atoms with Crippen LogP contribution >= 0.6 is 11.6 Å². The van der Waals surface area contributed by atoms with Crippen LogP contribution in [0.1, 0.15) is 18.2 Å². The van der Waals surface area contributed by atoms with Crippen LogP contribution in [0.5, 0.6) is 0 Å². The van der Waals surface area contributed by atoms with Crippen molar-refractivity contribution in [1.29, 1.82) is 0 Å². The lowest BCUT2D eigenvalue weighted by molar-refractivity contribution is 0.636. The Kier molecular flexibility index (Phi) is 2.72. The van der Waals surface area contributed by atoms with E-state index in [-0.39, 0.29) is 0 Å². The van der Waals surface area contributed by atoms with E-state index in [4.69, 9.17) is 17.3 Å². The molecule has 0 amide bonds. The molecule has 0 atom stereocenters. The molecular weight excluding hydrogens is 227 g/mol. The fraction of sp³-hybridized carbons (Fsp3) is 0.250. The van der Waals surface area contributed by atoms with Gasteiger partial charge in [0.2, 0.25) is 0 Å². The quantitative estimate of drug-likeness (QED) is 0.826. The second-order valence-electron chi connectivity index (χ2n) is 3.73. The normalized spacial score (nSPS) is 11.0. The summed E-state index contributed by atoms with van der Waals surface area (Å²) in [5.74, 6) is -0.427. The van der Waals surface area contributed by atoms with Crippen LogP contribution in [0, 0.1) is 12.7 Å². The number of aryl methyl sites for hydroxylation is 1. The minimum absolute atomic E-state index is 0.296. The number of nitrogens with zero attached hydrogens (tertiary/aromatic N) is 1. The first-order chi connectivity index (χ1) is 7.54. The summed E-state index contributed by atoms with van der Waals surface area (Å²) in [6.07, 6.45) is 0.730. The second kappa shape index (κ2) is 3.91. The third-order valence-electron chi connectivity index (χ3n) is 2.74. The number of fused-ring (bicyclic) bond motifs is 1. The summed E-state index contributed by atoms with van der Waals surface area (Å²) in [7, 11) is 0. The van der Waals surface area contributed by atoms with Gasteiger partial charge in [-0.1, -0.05) is 18.5 Å². The van der Waals surface area contributed by atoms with Crippen LogP contribution in [0.4, 0.5) is 10.1 Å². The minimum atomic E-state index is -0.427. The van der Waals surface area contributed by atoms with E-state index in [0.29, 0.717) is 21.6 Å². The molecule has 0 saturated heterocycles. The van der Waals surface area contributed by atoms with Gasteiger partial charge in [0.25, 0.3) is 0 Å². The molecule has 1 aromatic heterocycles. The Labute approximate surface area is 98.2 Å². The third-order valence-corrected chi connectivity index (χ3v) is 2.96. The number of hydrogen-bond donors (Lipinski definition) is 1. The van der Waals surface area contributed by atoms with E-state index >= 15 is 0 Å². The molecule has 0 saturated carbocycles. The summed E-state index contributed by atoms with van der Waals surface area (Å²) in [5, 5.41) is 0.918. The van der Waals surface area contributed by atoms with Gasteiger partial charge >= 0.3 is 0 Å². The number of aromatic nitrogens is 1. The lowest BCUT2D eigenvalue weighted by Crippen LogP contribution is -2.01. The molecule has 0 bridgehead atoms. The molecule has 0 spiro atoms. The largest absolute Gasteiger partial charge is 0.398 e. The minimum Gasteiger partial charge on any atom is -0.398 e. The molecule has 1 aromatic carbocycles. The maximum Gasteiger partial charge on any atom is 0.150 e. The number of hydrogen-bond acceptors (Lipinski definition) is 2. The monoisotopic (exact) mass is 238 g/mol. The lowest BCUT2D eigenvalue weighted by Gasteiger charge is -2.10. The number of halogens is 2. The molecule has 2 aromatic rings. The Balaban J connectivity index is 2.92. The molecule has 0 fully saturated rings. The van der Waals surface area contributed by atoms with E-state index in [9.17, 15) is 4.39 Å². The van der Waals surface area contributed by atoms with Crippen molar-refractivity contribution < 1.29 is 4.39 Å². The van der Waals surface area contributed by atoms with Gasteiger partial charge in [0, 0.05) is 21.8 Å². The van der Waals surface area contributed by atoms with E-state index in [1.807, 2.05) is 13.8 Å². The van der Waals surface area contributed by atoms with E-state index in [1.165, 1.54) is 6.07 Å². The number of rotatable bonds is 1. The van der Waals surface area contributed by atoms with Gasteiger partial charge in [-0.15, -0.1) is 0 Å². The predicted octanol–water partition coefficient (Wildman–Crippen LogP) is 3.48. The van der Waals surface area contributed by atoms with Crippen LogP contribution in [0.2, 0.25) is 5.02 Å². The molecule has 0 aliphatic heterocycles. The Hall–Kier alpha value is -1.35. The Bertz CT molecular complexity index is 567. The van der Waals surface area contributed by atoms with E-state index in [2.05, 4.69) is 4.98 Å². The number of nitrogens with two attached hydrogens (primary N) is 1. The summed E-state index contributed by atoms with van der Waals surface area (Å²) in [4.78, 5) is 4.28. The zero-order valence-corrected chi connectivity index (χ0v) is 9.90. The summed E-state index contributed by atoms with van der Waals surface area (Å²) < 4.78 is 13.7. The maximum absolute atomic E-state index is 13.7. The molecule has 84 valence electrons. The molecule has 2 rings (SSSR count). The predicted molar refractivity (Wildman–Crippen MR) is 65.2 cm³/mol. The van der Waals surface area contributed by atoms with Gasteiger partial charge in [-0.25, -0.2) is 9.37 Å². The summed E-state index contributed by atoms with van der Waals surface area (Å²) in [6, 6.07) is 2.90. The Morgan fingerprint density at radius 1 is 1.44 bits per heavy atom. The fourth-order valence-corrected chi connectivity index (χ4v) is 2.01. The second-order valence-corrected chi connectivity index (χ2v) is 4.17. The van der Waals surface area contributed by atoms with Crippen molar-refractivity contribution in [1.82, 2.24) is 4.98 Å². The van der Waals surface area contributed by atoms with Gasteiger partial charge in [-0.2, -0.15) is 0 Å². The van der Waals surface area contributed by atoms with Gasteiger partial charge in [0.15, 0.2) is 5.82 Å². The molecule has 4 heteroatoms. The highest BCUT2D eigenvalue weighted by Crippen LogP contribution is 2.29. The van der Waals surface area contributed by atoms with Gasteiger partial charge in [0.1, 0.15) is 5.52 Å². The number of nitrogen functional groups attached to an aromatic ring is 1. The van der Waals surface area contributed by atoms with E-state index in [0.717, 1.165) is 17.7 Å². The first-order valence-electron chi connectivity index (χ1n) is 5.08. The van der Waals surface area contributed by atoms with Crippen molar-refractivity contribution in [2.24, 2.45) is 0 Å². The third kappa shape index (κ3) is 1.61. The summed E-state index contributed by atoms with van der Waals surface area (Å²) in [5.41, 5.74) is 8.55. The van der Waals surface area contributed by atoms with Crippen LogP contribution in [-0.2, 0) is 6.42 Å². The van der Waals surface area contributed by atoms with Gasteiger partial charge < -0.3 is 5.73 Å². The lowest BCUT2D eigenvalue weighted by atomic mass is 10.1. The van der Waals surface area contributed by atoms with Crippen LogP contribution in [0.15, 0.2) is 12.1 Å². The van der Waals surface area contributed by atoms with Crippen LogP contribution < -0.4 is 5.73 Å². The summed E-state index contributed by atoms with van der Waals surface area (Å²) >= 11 is 5.80. The molecule has 1 heterocycles. The highest BCUT2D eigenvalue weighted by atomic mass is 35.5. The van der Waals surface area contributed by atoms with Crippen molar-refractivity contribution in [3.8, 4) is 0 Å². The van der Waals surface area contributed by atoms with Crippen molar-refractivity contribution >= 4 is 28.2 Å². The first-order valence-corrected chi connectivity index (χ1v) is 5.46. The molecule has 0 aliphatic carbocycles. The topological polar surface area (TPSA) is 38.9 Å². The molecule has 2 nitrogen and oxygen atoms in total. The zero-order valence-electron chi connectivity index (χ0n) is 9.14. The Morgan fingerprint density at radius 3 is 2.75 bits per heavy atom. The van der Waals surface area contributed by atoms with Crippen molar-refractivity contribution in [2.45, 2.75) is 20.3 Å². The summed E-state index contributed by atoms with van der Waals surface area (Å²) in [6.45, 7) is 3.86. The number of anilines is 1. The molecule has 0 radical (unpaired) electrons. The van der Waals surface area contributed by atoms with Gasteiger partial charge in [-0.3, -0.25) is 0 Å².